The van der Waals surface area contributed by atoms with Gasteiger partial charge in [0.2, 0.25) is 5.91 Å². The highest BCUT2D eigenvalue weighted by Crippen LogP contribution is 2.17. The molecule has 1 heterocycles. The van der Waals surface area contributed by atoms with E-state index in [0.29, 0.717) is 26.2 Å². The monoisotopic (exact) mass is 533 g/mol. The first-order chi connectivity index (χ1) is 14.0. The van der Waals surface area contributed by atoms with E-state index in [4.69, 9.17) is 14.5 Å². The van der Waals surface area contributed by atoms with Crippen LogP contribution in [0.2, 0.25) is 0 Å². The number of piperazine rings is 1. The molecule has 30 heavy (non-hydrogen) atoms. The third kappa shape index (κ3) is 9.05. The summed E-state index contributed by atoms with van der Waals surface area (Å²) in [4.78, 5) is 21.2. The van der Waals surface area contributed by atoms with Crippen LogP contribution in [0.15, 0.2) is 23.2 Å². The number of hydrogen-bond donors (Lipinski definition) is 2. The molecule has 1 aliphatic heterocycles. The van der Waals surface area contributed by atoms with Crippen LogP contribution in [-0.4, -0.2) is 88.3 Å². The maximum Gasteiger partial charge on any atom is 0.234 e. The fourth-order valence-corrected chi connectivity index (χ4v) is 3.29. The van der Waals surface area contributed by atoms with E-state index in [0.717, 1.165) is 55.6 Å². The molecule has 1 aromatic carbocycles. The van der Waals surface area contributed by atoms with Gasteiger partial charge in [-0.25, -0.2) is 4.99 Å². The summed E-state index contributed by atoms with van der Waals surface area (Å²) in [5.74, 6) is 1.82. The summed E-state index contributed by atoms with van der Waals surface area (Å²) in [6.07, 6.45) is 0. The first-order valence-electron chi connectivity index (χ1n) is 10.2. The number of aryl methyl sites for hydroxylation is 1. The molecular weight excluding hydrogens is 497 g/mol. The second-order valence-electron chi connectivity index (χ2n) is 7.13. The van der Waals surface area contributed by atoms with Crippen molar-refractivity contribution in [2.75, 3.05) is 66.6 Å². The maximum atomic E-state index is 12.0. The number of aliphatic imine (C=N–C) groups is 1. The zero-order chi connectivity index (χ0) is 21.1. The van der Waals surface area contributed by atoms with Gasteiger partial charge in [-0.05, 0) is 37.1 Å². The standard InChI is InChI=1S/C21H35N5O3.HI/c1-5-22-21(24-15-18-12-17(2)13-19(14-18)29-4)26-9-7-25(8-10-26)16-20(27)23-6-11-28-3;/h12-14H,5-11,15-16H2,1-4H3,(H,22,24)(H,23,27);1H. The summed E-state index contributed by atoms with van der Waals surface area (Å²) < 4.78 is 10.3. The Balaban J connectivity index is 0.00000450. The zero-order valence-corrected chi connectivity index (χ0v) is 20.9. The van der Waals surface area contributed by atoms with Crippen LogP contribution >= 0.6 is 24.0 Å². The molecule has 2 rings (SSSR count). The number of nitrogens with zero attached hydrogens (tertiary/aromatic N) is 3. The minimum absolute atomic E-state index is 0. The molecule has 0 spiro atoms. The molecule has 0 saturated carbocycles. The van der Waals surface area contributed by atoms with Gasteiger partial charge in [-0.2, -0.15) is 0 Å². The molecule has 0 unspecified atom stereocenters. The fraction of sp³-hybridized carbons (Fsp3) is 0.619. The largest absolute Gasteiger partial charge is 0.497 e. The lowest BCUT2D eigenvalue weighted by Crippen LogP contribution is -2.54. The second kappa shape index (κ2) is 14.4. The lowest BCUT2D eigenvalue weighted by atomic mass is 10.1. The van der Waals surface area contributed by atoms with Crippen molar-refractivity contribution in [3.63, 3.8) is 0 Å². The number of amides is 1. The van der Waals surface area contributed by atoms with Gasteiger partial charge in [-0.1, -0.05) is 6.07 Å². The van der Waals surface area contributed by atoms with E-state index < -0.39 is 0 Å². The van der Waals surface area contributed by atoms with Gasteiger partial charge in [0.25, 0.3) is 0 Å². The molecule has 2 N–H and O–H groups in total. The number of halogens is 1. The minimum Gasteiger partial charge on any atom is -0.497 e. The van der Waals surface area contributed by atoms with Crippen LogP contribution in [0.3, 0.4) is 0 Å². The predicted octanol–water partition coefficient (Wildman–Crippen LogP) is 1.47. The smallest absolute Gasteiger partial charge is 0.234 e. The molecule has 0 aromatic heterocycles. The molecule has 0 bridgehead atoms. The van der Waals surface area contributed by atoms with E-state index in [1.54, 1.807) is 14.2 Å². The Morgan fingerprint density at radius 1 is 1.13 bits per heavy atom. The molecule has 170 valence electrons. The summed E-state index contributed by atoms with van der Waals surface area (Å²) in [6.45, 7) is 10.4. The lowest BCUT2D eigenvalue weighted by Gasteiger charge is -2.36. The molecule has 0 atom stereocenters. The highest BCUT2D eigenvalue weighted by molar-refractivity contribution is 14.0. The van der Waals surface area contributed by atoms with Gasteiger partial charge >= 0.3 is 0 Å². The Morgan fingerprint density at radius 2 is 1.87 bits per heavy atom. The van der Waals surface area contributed by atoms with E-state index in [2.05, 4.69) is 40.3 Å². The highest BCUT2D eigenvalue weighted by Gasteiger charge is 2.21. The van der Waals surface area contributed by atoms with Crippen LogP contribution in [0.25, 0.3) is 0 Å². The summed E-state index contributed by atoms with van der Waals surface area (Å²) in [6, 6.07) is 6.18. The average Bonchev–Trinajstić information content (AvgIpc) is 2.71. The minimum atomic E-state index is 0. The zero-order valence-electron chi connectivity index (χ0n) is 18.6. The third-order valence-corrected chi connectivity index (χ3v) is 4.76. The predicted molar refractivity (Wildman–Crippen MR) is 131 cm³/mol. The van der Waals surface area contributed by atoms with Gasteiger partial charge in [0.15, 0.2) is 5.96 Å². The number of methoxy groups -OCH3 is 2. The third-order valence-electron chi connectivity index (χ3n) is 4.76. The number of rotatable bonds is 9. The van der Waals surface area contributed by atoms with Gasteiger partial charge in [0.1, 0.15) is 5.75 Å². The van der Waals surface area contributed by atoms with Crippen LogP contribution in [0.1, 0.15) is 18.1 Å². The Kier molecular flexibility index (Phi) is 12.7. The van der Waals surface area contributed by atoms with Crippen molar-refractivity contribution in [1.29, 1.82) is 0 Å². The SMILES string of the molecule is CCNC(=NCc1cc(C)cc(OC)c1)N1CCN(CC(=O)NCCOC)CC1.I. The van der Waals surface area contributed by atoms with Gasteiger partial charge in [0, 0.05) is 46.4 Å². The lowest BCUT2D eigenvalue weighted by molar-refractivity contribution is -0.122. The molecule has 1 amide bonds. The molecule has 0 aliphatic carbocycles. The number of carbonyl (C=O) groups is 1. The van der Waals surface area contributed by atoms with Crippen LogP contribution in [-0.2, 0) is 16.1 Å². The molecule has 1 aromatic rings. The Morgan fingerprint density at radius 3 is 2.50 bits per heavy atom. The average molecular weight is 533 g/mol. The van der Waals surface area contributed by atoms with Crippen LogP contribution in [0.4, 0.5) is 0 Å². The van der Waals surface area contributed by atoms with Gasteiger partial charge < -0.3 is 25.0 Å². The van der Waals surface area contributed by atoms with Crippen molar-refractivity contribution < 1.29 is 14.3 Å². The van der Waals surface area contributed by atoms with Gasteiger partial charge in [-0.15, -0.1) is 24.0 Å². The topological polar surface area (TPSA) is 78.4 Å². The molecule has 1 aliphatic rings. The summed E-state index contributed by atoms with van der Waals surface area (Å²) in [7, 11) is 3.31. The Labute approximate surface area is 197 Å². The fourth-order valence-electron chi connectivity index (χ4n) is 3.29. The Hall–Kier alpha value is -1.59. The van der Waals surface area contributed by atoms with Crippen molar-refractivity contribution in [1.82, 2.24) is 20.4 Å². The number of guanidine groups is 1. The van der Waals surface area contributed by atoms with Crippen molar-refractivity contribution in [3.8, 4) is 5.75 Å². The molecule has 0 radical (unpaired) electrons. The molecule has 1 fully saturated rings. The van der Waals surface area contributed by atoms with Crippen molar-refractivity contribution in [3.05, 3.63) is 29.3 Å². The molecular formula is C21H36IN5O3. The quantitative estimate of drug-likeness (QED) is 0.217. The van der Waals surface area contributed by atoms with E-state index in [9.17, 15) is 4.79 Å². The number of hydrogen-bond acceptors (Lipinski definition) is 5. The second-order valence-corrected chi connectivity index (χ2v) is 7.13. The molecule has 9 heteroatoms. The number of carbonyl (C=O) groups excluding carboxylic acids is 1. The first kappa shape index (κ1) is 26.4. The Bertz CT molecular complexity index is 679. The van der Waals surface area contributed by atoms with Crippen molar-refractivity contribution in [2.45, 2.75) is 20.4 Å². The van der Waals surface area contributed by atoms with Gasteiger partial charge in [-0.3, -0.25) is 9.69 Å². The summed E-state index contributed by atoms with van der Waals surface area (Å²) >= 11 is 0. The summed E-state index contributed by atoms with van der Waals surface area (Å²) in [5.41, 5.74) is 2.29. The van der Waals surface area contributed by atoms with Gasteiger partial charge in [0.05, 0.1) is 26.8 Å². The van der Waals surface area contributed by atoms with Crippen LogP contribution in [0.5, 0.6) is 5.75 Å². The van der Waals surface area contributed by atoms with Crippen LogP contribution in [0, 0.1) is 6.92 Å². The normalized spacial score (nSPS) is 14.8. The van der Waals surface area contributed by atoms with E-state index in [-0.39, 0.29) is 29.9 Å². The summed E-state index contributed by atoms with van der Waals surface area (Å²) in [5, 5.41) is 6.26. The first-order valence-corrected chi connectivity index (χ1v) is 10.2. The number of benzene rings is 1. The van der Waals surface area contributed by atoms with E-state index >= 15 is 0 Å². The maximum absolute atomic E-state index is 12.0. The highest BCUT2D eigenvalue weighted by atomic mass is 127. The number of nitrogens with one attached hydrogen (secondary N) is 2. The van der Waals surface area contributed by atoms with E-state index in [1.165, 1.54) is 0 Å². The molecule has 8 nitrogen and oxygen atoms in total. The molecule has 1 saturated heterocycles. The van der Waals surface area contributed by atoms with E-state index in [1.807, 2.05) is 12.1 Å². The van der Waals surface area contributed by atoms with Crippen molar-refractivity contribution in [2.24, 2.45) is 4.99 Å². The number of ether oxygens (including phenoxy) is 2. The van der Waals surface area contributed by atoms with Crippen molar-refractivity contribution >= 4 is 35.8 Å². The van der Waals surface area contributed by atoms with Crippen LogP contribution < -0.4 is 15.4 Å².